The zero-order chi connectivity index (χ0) is 12.8. The van der Waals surface area contributed by atoms with Gasteiger partial charge < -0.3 is 25.0 Å². The summed E-state index contributed by atoms with van der Waals surface area (Å²) in [6.45, 7) is 1.91. The minimum Gasteiger partial charge on any atom is -0.497 e. The van der Waals surface area contributed by atoms with Crippen molar-refractivity contribution in [3.05, 3.63) is 17.7 Å². The molecule has 0 bridgehead atoms. The Morgan fingerprint density at radius 2 is 2.00 bits per heavy atom. The van der Waals surface area contributed by atoms with Gasteiger partial charge in [-0.15, -0.1) is 0 Å². The molecule has 0 saturated carbocycles. The van der Waals surface area contributed by atoms with Crippen molar-refractivity contribution >= 4 is 5.69 Å². The maximum Gasteiger partial charge on any atom is 0.145 e. The highest BCUT2D eigenvalue weighted by Gasteiger charge is 2.10. The van der Waals surface area contributed by atoms with Crippen molar-refractivity contribution in [3.63, 3.8) is 0 Å². The number of anilines is 1. The molecule has 0 amide bonds. The van der Waals surface area contributed by atoms with Crippen molar-refractivity contribution < 1.29 is 19.7 Å². The molecule has 0 radical (unpaired) electrons. The first-order chi connectivity index (χ1) is 8.12. The van der Waals surface area contributed by atoms with E-state index in [-0.39, 0.29) is 13.2 Å². The number of benzene rings is 1. The molecule has 1 rings (SSSR count). The highest BCUT2D eigenvalue weighted by Crippen LogP contribution is 2.32. The van der Waals surface area contributed by atoms with Crippen LogP contribution in [-0.4, -0.2) is 43.7 Å². The smallest absolute Gasteiger partial charge is 0.145 e. The van der Waals surface area contributed by atoms with Crippen LogP contribution in [0.4, 0.5) is 5.69 Å². The fraction of sp³-hybridized carbons (Fsp3) is 0.500. The van der Waals surface area contributed by atoms with Crippen molar-refractivity contribution in [2.45, 2.75) is 13.0 Å². The SMILES string of the molecule is COc1cc(C)c(NCC(O)CO)c(OC)c1. The monoisotopic (exact) mass is 241 g/mol. The van der Waals surface area contributed by atoms with E-state index in [1.807, 2.05) is 13.0 Å². The Morgan fingerprint density at radius 1 is 1.29 bits per heavy atom. The number of nitrogens with one attached hydrogen (secondary N) is 1. The molecule has 3 N–H and O–H groups in total. The van der Waals surface area contributed by atoms with Gasteiger partial charge in [-0.25, -0.2) is 0 Å². The van der Waals surface area contributed by atoms with E-state index in [0.717, 1.165) is 11.3 Å². The fourth-order valence-electron chi connectivity index (χ4n) is 1.51. The Bertz CT molecular complexity index is 368. The lowest BCUT2D eigenvalue weighted by molar-refractivity contribution is 0.105. The van der Waals surface area contributed by atoms with Gasteiger partial charge in [-0.3, -0.25) is 0 Å². The number of aliphatic hydroxyl groups is 2. The van der Waals surface area contributed by atoms with Crippen LogP contribution in [0.15, 0.2) is 12.1 Å². The van der Waals surface area contributed by atoms with E-state index in [0.29, 0.717) is 11.5 Å². The van der Waals surface area contributed by atoms with Gasteiger partial charge in [0.05, 0.1) is 32.6 Å². The van der Waals surface area contributed by atoms with Crippen molar-refractivity contribution in [2.24, 2.45) is 0 Å². The third-order valence-corrected chi connectivity index (χ3v) is 2.45. The minimum absolute atomic E-state index is 0.264. The van der Waals surface area contributed by atoms with Gasteiger partial charge in [-0.05, 0) is 18.6 Å². The highest BCUT2D eigenvalue weighted by atomic mass is 16.5. The molecule has 0 aliphatic carbocycles. The third-order valence-electron chi connectivity index (χ3n) is 2.45. The van der Waals surface area contributed by atoms with Gasteiger partial charge in [0.25, 0.3) is 0 Å². The molecule has 0 fully saturated rings. The maximum atomic E-state index is 9.30. The average molecular weight is 241 g/mol. The number of hydrogen-bond acceptors (Lipinski definition) is 5. The van der Waals surface area contributed by atoms with Gasteiger partial charge >= 0.3 is 0 Å². The molecule has 1 aromatic carbocycles. The average Bonchev–Trinajstić information content (AvgIpc) is 2.35. The second-order valence-electron chi connectivity index (χ2n) is 3.74. The molecule has 1 atom stereocenters. The quantitative estimate of drug-likeness (QED) is 0.686. The summed E-state index contributed by atoms with van der Waals surface area (Å²) in [6.07, 6.45) is -0.791. The molecule has 0 aliphatic rings. The van der Waals surface area contributed by atoms with Crippen molar-refractivity contribution in [2.75, 3.05) is 32.7 Å². The largest absolute Gasteiger partial charge is 0.497 e. The van der Waals surface area contributed by atoms with Crippen LogP contribution < -0.4 is 14.8 Å². The van der Waals surface area contributed by atoms with Gasteiger partial charge in [0.15, 0.2) is 0 Å². The molecular formula is C12H19NO4. The molecule has 0 spiro atoms. The first-order valence-corrected chi connectivity index (χ1v) is 5.37. The first-order valence-electron chi connectivity index (χ1n) is 5.37. The lowest BCUT2D eigenvalue weighted by Crippen LogP contribution is -2.23. The lowest BCUT2D eigenvalue weighted by Gasteiger charge is -2.17. The second-order valence-corrected chi connectivity index (χ2v) is 3.74. The van der Waals surface area contributed by atoms with Gasteiger partial charge in [-0.1, -0.05) is 0 Å². The molecule has 5 heteroatoms. The van der Waals surface area contributed by atoms with Crippen LogP contribution in [0.3, 0.4) is 0 Å². The molecule has 0 aromatic heterocycles. The Balaban J connectivity index is 2.89. The maximum absolute atomic E-state index is 9.30. The summed E-state index contributed by atoms with van der Waals surface area (Å²) in [7, 11) is 3.17. The summed E-state index contributed by atoms with van der Waals surface area (Å²) < 4.78 is 10.4. The number of aryl methyl sites for hydroxylation is 1. The van der Waals surface area contributed by atoms with E-state index in [1.54, 1.807) is 20.3 Å². The van der Waals surface area contributed by atoms with E-state index in [2.05, 4.69) is 5.32 Å². The Labute approximate surface area is 101 Å². The predicted octanol–water partition coefficient (Wildman–Crippen LogP) is 0.777. The minimum atomic E-state index is -0.791. The predicted molar refractivity (Wildman–Crippen MR) is 65.9 cm³/mol. The summed E-state index contributed by atoms with van der Waals surface area (Å²) in [4.78, 5) is 0. The number of rotatable bonds is 6. The van der Waals surface area contributed by atoms with Crippen LogP contribution in [0.5, 0.6) is 11.5 Å². The standard InChI is InChI=1S/C12H19NO4/c1-8-4-10(16-2)5-11(17-3)12(8)13-6-9(15)7-14/h4-5,9,13-15H,6-7H2,1-3H3. The van der Waals surface area contributed by atoms with E-state index in [4.69, 9.17) is 14.6 Å². The summed E-state index contributed by atoms with van der Waals surface area (Å²) in [5.74, 6) is 1.36. The van der Waals surface area contributed by atoms with E-state index in [1.165, 1.54) is 0 Å². The van der Waals surface area contributed by atoms with Crippen molar-refractivity contribution in [1.82, 2.24) is 0 Å². The second kappa shape index (κ2) is 6.32. The Hall–Kier alpha value is -1.46. The van der Waals surface area contributed by atoms with Crippen LogP contribution in [-0.2, 0) is 0 Å². The van der Waals surface area contributed by atoms with Crippen molar-refractivity contribution in [1.29, 1.82) is 0 Å². The van der Waals surface area contributed by atoms with Gasteiger partial charge in [0, 0.05) is 12.6 Å². The number of hydrogen-bond donors (Lipinski definition) is 3. The molecule has 5 nitrogen and oxygen atoms in total. The van der Waals surface area contributed by atoms with E-state index < -0.39 is 6.10 Å². The van der Waals surface area contributed by atoms with E-state index in [9.17, 15) is 5.11 Å². The number of methoxy groups -OCH3 is 2. The number of aliphatic hydroxyl groups excluding tert-OH is 2. The van der Waals surface area contributed by atoms with E-state index >= 15 is 0 Å². The molecular weight excluding hydrogens is 222 g/mol. The molecule has 17 heavy (non-hydrogen) atoms. The van der Waals surface area contributed by atoms with Crippen LogP contribution in [0.25, 0.3) is 0 Å². The molecule has 1 aromatic rings. The molecule has 1 unspecified atom stereocenters. The highest BCUT2D eigenvalue weighted by molar-refractivity contribution is 5.64. The summed E-state index contributed by atoms with van der Waals surface area (Å²) in [6, 6.07) is 3.64. The van der Waals surface area contributed by atoms with Crippen molar-refractivity contribution in [3.8, 4) is 11.5 Å². The Kier molecular flexibility index (Phi) is 5.06. The lowest BCUT2D eigenvalue weighted by atomic mass is 10.1. The normalized spacial score (nSPS) is 12.1. The summed E-state index contributed by atoms with van der Waals surface area (Å²) >= 11 is 0. The van der Waals surface area contributed by atoms with Crippen LogP contribution in [0.1, 0.15) is 5.56 Å². The molecule has 0 saturated heterocycles. The molecule has 96 valence electrons. The van der Waals surface area contributed by atoms with Crippen LogP contribution in [0, 0.1) is 6.92 Å². The topological polar surface area (TPSA) is 71.0 Å². The number of ether oxygens (including phenoxy) is 2. The van der Waals surface area contributed by atoms with Gasteiger partial charge in [0.2, 0.25) is 0 Å². The zero-order valence-electron chi connectivity index (χ0n) is 10.4. The summed E-state index contributed by atoms with van der Waals surface area (Å²) in [5.41, 5.74) is 1.74. The first kappa shape index (κ1) is 13.6. The summed E-state index contributed by atoms with van der Waals surface area (Å²) in [5, 5.41) is 21.1. The fourth-order valence-corrected chi connectivity index (χ4v) is 1.51. The molecule has 0 aliphatic heterocycles. The van der Waals surface area contributed by atoms with Gasteiger partial charge in [0.1, 0.15) is 11.5 Å². The third kappa shape index (κ3) is 3.51. The zero-order valence-corrected chi connectivity index (χ0v) is 10.4. The van der Waals surface area contributed by atoms with Crippen LogP contribution in [0.2, 0.25) is 0 Å². The van der Waals surface area contributed by atoms with Crippen LogP contribution >= 0.6 is 0 Å². The van der Waals surface area contributed by atoms with Gasteiger partial charge in [-0.2, -0.15) is 0 Å². The molecule has 0 heterocycles. The Morgan fingerprint density at radius 3 is 2.53 bits per heavy atom.